The van der Waals surface area contributed by atoms with Crippen molar-refractivity contribution in [3.63, 3.8) is 0 Å². The lowest BCUT2D eigenvalue weighted by Crippen LogP contribution is -2.16. The normalized spacial score (nSPS) is 10.2. The predicted octanol–water partition coefficient (Wildman–Crippen LogP) is 3.62. The van der Waals surface area contributed by atoms with Crippen molar-refractivity contribution < 1.29 is 14.5 Å². The summed E-state index contributed by atoms with van der Waals surface area (Å²) in [5.41, 5.74) is 2.85. The molecule has 0 saturated carbocycles. The van der Waals surface area contributed by atoms with Gasteiger partial charge in [-0.25, -0.2) is 0 Å². The number of nitrogens with zero attached hydrogens (tertiary/aromatic N) is 1. The first-order valence-corrected chi connectivity index (χ1v) is 7.20. The first kappa shape index (κ1) is 16.5. The zero-order valence-corrected chi connectivity index (χ0v) is 13.0. The van der Waals surface area contributed by atoms with E-state index in [0.29, 0.717) is 5.75 Å². The Morgan fingerprint density at radius 1 is 1.13 bits per heavy atom. The van der Waals surface area contributed by atoms with Gasteiger partial charge in [-0.3, -0.25) is 14.9 Å². The molecule has 23 heavy (non-hydrogen) atoms. The Morgan fingerprint density at radius 3 is 2.30 bits per heavy atom. The van der Waals surface area contributed by atoms with Crippen LogP contribution in [0.1, 0.15) is 17.5 Å². The molecule has 2 aromatic carbocycles. The fraction of sp³-hybridized carbons (Fsp3) is 0.235. The molecule has 0 aliphatic carbocycles. The summed E-state index contributed by atoms with van der Waals surface area (Å²) >= 11 is 0. The number of para-hydroxylation sites is 1. The second-order valence-electron chi connectivity index (χ2n) is 5.16. The number of benzene rings is 2. The molecule has 0 aromatic heterocycles. The number of carbonyl (C=O) groups is 1. The molecule has 0 aliphatic heterocycles. The van der Waals surface area contributed by atoms with Crippen LogP contribution in [0.5, 0.6) is 5.75 Å². The van der Waals surface area contributed by atoms with Gasteiger partial charge in [-0.2, -0.15) is 0 Å². The summed E-state index contributed by atoms with van der Waals surface area (Å²) in [5.74, 6) is 0.361. The molecule has 0 bridgehead atoms. The van der Waals surface area contributed by atoms with Crippen LogP contribution in [0, 0.1) is 24.0 Å². The van der Waals surface area contributed by atoms with Gasteiger partial charge in [-0.15, -0.1) is 0 Å². The summed E-state index contributed by atoms with van der Waals surface area (Å²) in [7, 11) is 0. The van der Waals surface area contributed by atoms with Gasteiger partial charge in [-0.05, 0) is 37.1 Å². The first-order valence-electron chi connectivity index (χ1n) is 7.20. The second kappa shape index (κ2) is 7.40. The number of rotatable bonds is 6. The maximum atomic E-state index is 12.0. The number of nitro groups is 1. The molecule has 0 unspecified atom stereocenters. The molecule has 0 atom stereocenters. The van der Waals surface area contributed by atoms with Crippen LogP contribution >= 0.6 is 0 Å². The standard InChI is InChI=1S/C17H18N2O4/c1-12-4-3-5-13(2)17(12)18-16(20)10-11-23-15-8-6-14(7-9-15)19(21)22/h3-9H,10-11H2,1-2H3,(H,18,20). The predicted molar refractivity (Wildman–Crippen MR) is 87.8 cm³/mol. The van der Waals surface area contributed by atoms with Crippen molar-refractivity contribution >= 4 is 17.3 Å². The molecule has 0 heterocycles. The van der Waals surface area contributed by atoms with Crippen LogP contribution in [0.15, 0.2) is 42.5 Å². The lowest BCUT2D eigenvalue weighted by molar-refractivity contribution is -0.384. The van der Waals surface area contributed by atoms with Crippen LogP contribution in [-0.4, -0.2) is 17.4 Å². The van der Waals surface area contributed by atoms with Crippen LogP contribution in [-0.2, 0) is 4.79 Å². The van der Waals surface area contributed by atoms with Gasteiger partial charge in [0, 0.05) is 17.8 Å². The Kier molecular flexibility index (Phi) is 5.30. The van der Waals surface area contributed by atoms with Gasteiger partial charge in [0.2, 0.25) is 5.91 Å². The Labute approximate surface area is 134 Å². The summed E-state index contributed by atoms with van der Waals surface area (Å²) in [6, 6.07) is 11.6. The molecular formula is C17H18N2O4. The molecule has 2 aromatic rings. The Hall–Kier alpha value is -2.89. The lowest BCUT2D eigenvalue weighted by atomic mass is 10.1. The topological polar surface area (TPSA) is 81.5 Å². The SMILES string of the molecule is Cc1cccc(C)c1NC(=O)CCOc1ccc([N+](=O)[O-])cc1. The highest BCUT2D eigenvalue weighted by molar-refractivity contribution is 5.92. The van der Waals surface area contributed by atoms with Gasteiger partial charge in [0.05, 0.1) is 18.0 Å². The van der Waals surface area contributed by atoms with Crippen LogP contribution in [0.4, 0.5) is 11.4 Å². The smallest absolute Gasteiger partial charge is 0.269 e. The number of amides is 1. The number of ether oxygens (including phenoxy) is 1. The van der Waals surface area contributed by atoms with E-state index in [1.807, 2.05) is 32.0 Å². The van der Waals surface area contributed by atoms with E-state index in [0.717, 1.165) is 16.8 Å². The second-order valence-corrected chi connectivity index (χ2v) is 5.16. The maximum absolute atomic E-state index is 12.0. The Bertz CT molecular complexity index is 691. The van der Waals surface area contributed by atoms with E-state index in [1.54, 1.807) is 0 Å². The van der Waals surface area contributed by atoms with Gasteiger partial charge in [0.1, 0.15) is 5.75 Å². The number of aryl methyl sites for hydroxylation is 2. The molecule has 1 amide bonds. The fourth-order valence-corrected chi connectivity index (χ4v) is 2.14. The van der Waals surface area contributed by atoms with Gasteiger partial charge < -0.3 is 10.1 Å². The average Bonchev–Trinajstić information content (AvgIpc) is 2.51. The number of anilines is 1. The molecule has 0 spiro atoms. The minimum atomic E-state index is -0.470. The minimum Gasteiger partial charge on any atom is -0.493 e. The number of carbonyl (C=O) groups excluding carboxylic acids is 1. The van der Waals surface area contributed by atoms with Crippen LogP contribution in [0.2, 0.25) is 0 Å². The Balaban J connectivity index is 1.84. The van der Waals surface area contributed by atoms with E-state index in [-0.39, 0.29) is 24.6 Å². The number of nitro benzene ring substituents is 1. The third kappa shape index (κ3) is 4.54. The van der Waals surface area contributed by atoms with Crippen LogP contribution < -0.4 is 10.1 Å². The third-order valence-electron chi connectivity index (χ3n) is 3.39. The summed E-state index contributed by atoms with van der Waals surface area (Å²) < 4.78 is 5.43. The summed E-state index contributed by atoms with van der Waals surface area (Å²) in [6.07, 6.45) is 0.199. The van der Waals surface area contributed by atoms with Crippen molar-refractivity contribution in [3.05, 3.63) is 63.7 Å². The molecular weight excluding hydrogens is 296 g/mol. The summed E-state index contributed by atoms with van der Waals surface area (Å²) in [5, 5.41) is 13.4. The van der Waals surface area contributed by atoms with Crippen molar-refractivity contribution in [2.75, 3.05) is 11.9 Å². The van der Waals surface area contributed by atoms with E-state index in [4.69, 9.17) is 4.74 Å². The van der Waals surface area contributed by atoms with Crippen molar-refractivity contribution in [2.24, 2.45) is 0 Å². The van der Waals surface area contributed by atoms with Crippen molar-refractivity contribution in [1.82, 2.24) is 0 Å². The Morgan fingerprint density at radius 2 is 1.74 bits per heavy atom. The van der Waals surface area contributed by atoms with E-state index in [1.165, 1.54) is 24.3 Å². The number of hydrogen-bond acceptors (Lipinski definition) is 4. The van der Waals surface area contributed by atoms with E-state index >= 15 is 0 Å². The third-order valence-corrected chi connectivity index (χ3v) is 3.39. The highest BCUT2D eigenvalue weighted by atomic mass is 16.6. The van der Waals surface area contributed by atoms with Gasteiger partial charge in [0.25, 0.3) is 5.69 Å². The molecule has 0 saturated heterocycles. The van der Waals surface area contributed by atoms with Crippen LogP contribution in [0.25, 0.3) is 0 Å². The molecule has 6 nitrogen and oxygen atoms in total. The van der Waals surface area contributed by atoms with Gasteiger partial charge in [0.15, 0.2) is 0 Å². The molecule has 0 fully saturated rings. The number of non-ortho nitro benzene ring substituents is 1. The highest BCUT2D eigenvalue weighted by Crippen LogP contribution is 2.20. The summed E-state index contributed by atoms with van der Waals surface area (Å²) in [4.78, 5) is 22.1. The summed E-state index contributed by atoms with van der Waals surface area (Å²) in [6.45, 7) is 4.08. The van der Waals surface area contributed by atoms with E-state index in [2.05, 4.69) is 5.32 Å². The maximum Gasteiger partial charge on any atom is 0.269 e. The van der Waals surface area contributed by atoms with E-state index < -0.39 is 4.92 Å². The number of nitrogens with one attached hydrogen (secondary N) is 1. The quantitative estimate of drug-likeness (QED) is 0.652. The minimum absolute atomic E-state index is 0.00474. The van der Waals surface area contributed by atoms with Gasteiger partial charge >= 0.3 is 0 Å². The van der Waals surface area contributed by atoms with Gasteiger partial charge in [-0.1, -0.05) is 18.2 Å². The monoisotopic (exact) mass is 314 g/mol. The zero-order valence-electron chi connectivity index (χ0n) is 13.0. The highest BCUT2D eigenvalue weighted by Gasteiger charge is 2.08. The average molecular weight is 314 g/mol. The first-order chi connectivity index (χ1) is 11.0. The molecule has 6 heteroatoms. The molecule has 0 radical (unpaired) electrons. The van der Waals surface area contributed by atoms with Crippen molar-refractivity contribution in [1.29, 1.82) is 0 Å². The number of hydrogen-bond donors (Lipinski definition) is 1. The van der Waals surface area contributed by atoms with Crippen molar-refractivity contribution in [3.8, 4) is 5.75 Å². The fourth-order valence-electron chi connectivity index (χ4n) is 2.14. The van der Waals surface area contributed by atoms with E-state index in [9.17, 15) is 14.9 Å². The van der Waals surface area contributed by atoms with Crippen LogP contribution in [0.3, 0.4) is 0 Å². The lowest BCUT2D eigenvalue weighted by Gasteiger charge is -2.11. The zero-order chi connectivity index (χ0) is 16.8. The molecule has 2 rings (SSSR count). The molecule has 120 valence electrons. The molecule has 0 aliphatic rings. The molecule has 1 N–H and O–H groups in total. The largest absolute Gasteiger partial charge is 0.493 e. The van der Waals surface area contributed by atoms with Crippen molar-refractivity contribution in [2.45, 2.75) is 20.3 Å².